The highest BCUT2D eigenvalue weighted by atomic mass is 16.7. The molecule has 0 saturated carbocycles. The van der Waals surface area contributed by atoms with E-state index < -0.39 is 5.97 Å². The molecule has 3 aromatic carbocycles. The van der Waals surface area contributed by atoms with Gasteiger partial charge in [-0.25, -0.2) is 4.79 Å². The van der Waals surface area contributed by atoms with Gasteiger partial charge in [0.25, 0.3) is 0 Å². The van der Waals surface area contributed by atoms with Crippen molar-refractivity contribution in [2.75, 3.05) is 20.0 Å². The van der Waals surface area contributed by atoms with Crippen LogP contribution in [-0.2, 0) is 20.7 Å². The van der Waals surface area contributed by atoms with Gasteiger partial charge in [0.15, 0.2) is 11.5 Å². The Hall–Kier alpha value is -4.20. The van der Waals surface area contributed by atoms with Crippen molar-refractivity contribution < 1.29 is 38.0 Å². The van der Waals surface area contributed by atoms with Crippen LogP contribution in [0.15, 0.2) is 60.7 Å². The summed E-state index contributed by atoms with van der Waals surface area (Å²) in [6.45, 7) is 4.16. The summed E-state index contributed by atoms with van der Waals surface area (Å²) >= 11 is 0. The van der Waals surface area contributed by atoms with Crippen molar-refractivity contribution in [2.24, 2.45) is 0 Å². The molecular formula is C26H24O8. The van der Waals surface area contributed by atoms with E-state index in [0.717, 1.165) is 5.56 Å². The van der Waals surface area contributed by atoms with Crippen molar-refractivity contribution in [1.82, 2.24) is 0 Å². The van der Waals surface area contributed by atoms with E-state index >= 15 is 0 Å². The van der Waals surface area contributed by atoms with Crippen LogP contribution in [0, 0.1) is 0 Å². The normalized spacial score (nSPS) is 11.6. The third kappa shape index (κ3) is 5.40. The van der Waals surface area contributed by atoms with Gasteiger partial charge in [-0.05, 0) is 55.8 Å². The number of fused-ring (bicyclic) bond motifs is 1. The Morgan fingerprint density at radius 2 is 1.44 bits per heavy atom. The molecule has 0 amide bonds. The molecule has 0 spiro atoms. The molecule has 0 unspecified atom stereocenters. The molecule has 0 radical (unpaired) electrons. The summed E-state index contributed by atoms with van der Waals surface area (Å²) in [5.74, 6) is 1.81. The molecule has 0 N–H and O–H groups in total. The van der Waals surface area contributed by atoms with Crippen molar-refractivity contribution in [3.05, 3.63) is 71.8 Å². The van der Waals surface area contributed by atoms with Crippen LogP contribution < -0.4 is 18.9 Å². The summed E-state index contributed by atoms with van der Waals surface area (Å²) in [7, 11) is 0. The summed E-state index contributed by atoms with van der Waals surface area (Å²) in [6.07, 6.45) is 0.168. The minimum atomic E-state index is -0.576. The molecule has 1 aliphatic rings. The molecule has 1 aliphatic heterocycles. The molecule has 0 bridgehead atoms. The van der Waals surface area contributed by atoms with Crippen molar-refractivity contribution in [3.63, 3.8) is 0 Å². The largest absolute Gasteiger partial charge is 0.466 e. The number of rotatable bonds is 9. The Balaban J connectivity index is 1.58. The highest BCUT2D eigenvalue weighted by Gasteiger charge is 2.22. The average Bonchev–Trinajstić information content (AvgIpc) is 3.29. The summed E-state index contributed by atoms with van der Waals surface area (Å²) in [5, 5.41) is 0. The molecule has 0 aliphatic carbocycles. The number of hydrogen-bond donors (Lipinski definition) is 0. The smallest absolute Gasteiger partial charge is 0.345 e. The van der Waals surface area contributed by atoms with Gasteiger partial charge in [-0.1, -0.05) is 18.2 Å². The van der Waals surface area contributed by atoms with Crippen LogP contribution in [-0.4, -0.2) is 31.9 Å². The Morgan fingerprint density at radius 3 is 2.15 bits per heavy atom. The van der Waals surface area contributed by atoms with Gasteiger partial charge in [-0.3, -0.25) is 4.79 Å². The lowest BCUT2D eigenvalue weighted by molar-refractivity contribution is -0.142. The number of benzene rings is 3. The number of carbonyl (C=O) groups is 2. The number of ether oxygens (including phenoxy) is 6. The third-order valence-electron chi connectivity index (χ3n) is 4.84. The third-order valence-corrected chi connectivity index (χ3v) is 4.84. The van der Waals surface area contributed by atoms with Crippen molar-refractivity contribution >= 4 is 11.9 Å². The molecule has 4 rings (SSSR count). The Bertz CT molecular complexity index is 1170. The first kappa shape index (κ1) is 23.0. The second-order valence-electron chi connectivity index (χ2n) is 7.19. The zero-order valence-electron chi connectivity index (χ0n) is 18.9. The van der Waals surface area contributed by atoms with Crippen LogP contribution in [0.25, 0.3) is 0 Å². The quantitative estimate of drug-likeness (QED) is 0.395. The molecule has 0 aromatic heterocycles. The summed E-state index contributed by atoms with van der Waals surface area (Å²) in [5.41, 5.74) is 0.939. The predicted octanol–water partition coefficient (Wildman–Crippen LogP) is 5.28. The van der Waals surface area contributed by atoms with Gasteiger partial charge >= 0.3 is 11.9 Å². The minimum absolute atomic E-state index is 0.148. The molecule has 8 nitrogen and oxygen atoms in total. The van der Waals surface area contributed by atoms with E-state index in [4.69, 9.17) is 28.4 Å². The maximum absolute atomic E-state index is 12.8. The van der Waals surface area contributed by atoms with Crippen molar-refractivity contribution in [3.8, 4) is 34.5 Å². The van der Waals surface area contributed by atoms with Gasteiger partial charge in [-0.15, -0.1) is 0 Å². The first-order chi connectivity index (χ1) is 16.6. The standard InChI is InChI=1S/C26H24O8/c1-3-29-24(27)14-17-8-10-18(11-9-17)33-21-6-5-7-22(25(21)26(28)30-4-2)34-19-12-13-20-23(15-19)32-16-31-20/h5-13,15H,3-4,14,16H2,1-2H3. The van der Waals surface area contributed by atoms with E-state index in [-0.39, 0.29) is 42.9 Å². The van der Waals surface area contributed by atoms with E-state index in [1.54, 1.807) is 74.5 Å². The molecule has 8 heteroatoms. The highest BCUT2D eigenvalue weighted by Crippen LogP contribution is 2.39. The molecule has 1 heterocycles. The molecule has 34 heavy (non-hydrogen) atoms. The zero-order chi connectivity index (χ0) is 23.9. The number of carbonyl (C=O) groups excluding carboxylic acids is 2. The molecular weight excluding hydrogens is 440 g/mol. The summed E-state index contributed by atoms with van der Waals surface area (Å²) < 4.78 is 32.9. The maximum Gasteiger partial charge on any atom is 0.345 e. The molecule has 0 saturated heterocycles. The minimum Gasteiger partial charge on any atom is -0.466 e. The van der Waals surface area contributed by atoms with Gasteiger partial charge in [0.2, 0.25) is 6.79 Å². The monoisotopic (exact) mass is 464 g/mol. The van der Waals surface area contributed by atoms with E-state index in [1.165, 1.54) is 0 Å². The van der Waals surface area contributed by atoms with E-state index in [9.17, 15) is 9.59 Å². The fraction of sp³-hybridized carbons (Fsp3) is 0.231. The van der Waals surface area contributed by atoms with Gasteiger partial charge in [0.1, 0.15) is 28.6 Å². The molecule has 0 atom stereocenters. The first-order valence-electron chi connectivity index (χ1n) is 10.9. The van der Waals surface area contributed by atoms with Crippen LogP contribution in [0.5, 0.6) is 34.5 Å². The topological polar surface area (TPSA) is 89.5 Å². The fourth-order valence-corrected chi connectivity index (χ4v) is 3.33. The maximum atomic E-state index is 12.8. The van der Waals surface area contributed by atoms with E-state index in [0.29, 0.717) is 29.6 Å². The van der Waals surface area contributed by atoms with Gasteiger partial charge in [-0.2, -0.15) is 0 Å². The molecule has 176 valence electrons. The van der Waals surface area contributed by atoms with Crippen molar-refractivity contribution in [1.29, 1.82) is 0 Å². The first-order valence-corrected chi connectivity index (χ1v) is 10.9. The molecule has 0 fully saturated rings. The fourth-order valence-electron chi connectivity index (χ4n) is 3.33. The number of hydrogen-bond acceptors (Lipinski definition) is 8. The van der Waals surface area contributed by atoms with Crippen LogP contribution in [0.3, 0.4) is 0 Å². The Morgan fingerprint density at radius 1 is 0.794 bits per heavy atom. The lowest BCUT2D eigenvalue weighted by Gasteiger charge is -2.15. The van der Waals surface area contributed by atoms with Crippen molar-refractivity contribution in [2.45, 2.75) is 20.3 Å². The average molecular weight is 464 g/mol. The van der Waals surface area contributed by atoms with Crippen LogP contribution >= 0.6 is 0 Å². The zero-order valence-corrected chi connectivity index (χ0v) is 18.9. The Kier molecular flexibility index (Phi) is 7.17. The lowest BCUT2D eigenvalue weighted by Crippen LogP contribution is -2.09. The number of esters is 2. The van der Waals surface area contributed by atoms with Crippen LogP contribution in [0.2, 0.25) is 0 Å². The summed E-state index contributed by atoms with van der Waals surface area (Å²) in [6, 6.07) is 17.1. The van der Waals surface area contributed by atoms with E-state index in [2.05, 4.69) is 0 Å². The Labute approximate surface area is 196 Å². The SMILES string of the molecule is CCOC(=O)Cc1ccc(Oc2cccc(Oc3ccc4c(c3)OCO4)c2C(=O)OCC)cc1. The predicted molar refractivity (Wildman–Crippen MR) is 122 cm³/mol. The van der Waals surface area contributed by atoms with Gasteiger partial charge < -0.3 is 28.4 Å². The van der Waals surface area contributed by atoms with Crippen LogP contribution in [0.4, 0.5) is 0 Å². The second-order valence-corrected chi connectivity index (χ2v) is 7.19. The summed E-state index contributed by atoms with van der Waals surface area (Å²) in [4.78, 5) is 24.5. The van der Waals surface area contributed by atoms with Crippen LogP contribution in [0.1, 0.15) is 29.8 Å². The lowest BCUT2D eigenvalue weighted by atomic mass is 10.1. The van der Waals surface area contributed by atoms with E-state index in [1.807, 2.05) is 0 Å². The van der Waals surface area contributed by atoms with Gasteiger partial charge in [0, 0.05) is 6.07 Å². The molecule has 3 aromatic rings. The highest BCUT2D eigenvalue weighted by molar-refractivity contribution is 5.96. The van der Waals surface area contributed by atoms with Gasteiger partial charge in [0.05, 0.1) is 19.6 Å². The second kappa shape index (κ2) is 10.6.